The van der Waals surface area contributed by atoms with Gasteiger partial charge < -0.3 is 9.47 Å². The number of nitrogens with zero attached hydrogens (tertiary/aromatic N) is 1. The molecular formula is C12H16N2O4. The maximum absolute atomic E-state index is 11.5. The van der Waals surface area contributed by atoms with Gasteiger partial charge in [-0.2, -0.15) is 0 Å². The normalized spacial score (nSPS) is 10.7. The minimum absolute atomic E-state index is 0.290. The van der Waals surface area contributed by atoms with Crippen LogP contribution in [0, 0.1) is 0 Å². The summed E-state index contributed by atoms with van der Waals surface area (Å²) < 4.78 is 9.79. The standard InChI is InChI=1S/C12H16N2O4/c1-12(2,3)18-11(16)14(13)10(15)17-9-7-5-4-6-8-9/h4-8H,13H2,1-3H3. The van der Waals surface area contributed by atoms with Crippen LogP contribution in [0.25, 0.3) is 0 Å². The fourth-order valence-electron chi connectivity index (χ4n) is 1.02. The Morgan fingerprint density at radius 3 is 2.17 bits per heavy atom. The van der Waals surface area contributed by atoms with E-state index in [9.17, 15) is 9.59 Å². The van der Waals surface area contributed by atoms with Crippen LogP contribution in [0.5, 0.6) is 5.75 Å². The number of hydrazine groups is 1. The average molecular weight is 252 g/mol. The van der Waals surface area contributed by atoms with Crippen LogP contribution in [0.4, 0.5) is 9.59 Å². The van der Waals surface area contributed by atoms with Gasteiger partial charge in [-0.05, 0) is 32.9 Å². The molecule has 2 amide bonds. The van der Waals surface area contributed by atoms with Gasteiger partial charge in [-0.25, -0.2) is 15.4 Å². The number of benzene rings is 1. The number of nitrogens with two attached hydrogens (primary N) is 1. The molecule has 0 spiro atoms. The van der Waals surface area contributed by atoms with Crippen molar-refractivity contribution in [1.82, 2.24) is 5.01 Å². The fourth-order valence-corrected chi connectivity index (χ4v) is 1.02. The first-order valence-corrected chi connectivity index (χ1v) is 5.34. The van der Waals surface area contributed by atoms with Gasteiger partial charge in [-0.15, -0.1) is 5.01 Å². The number of rotatable bonds is 1. The smallest absolute Gasteiger partial charge is 0.439 e. The van der Waals surface area contributed by atoms with Crippen LogP contribution in [0.15, 0.2) is 30.3 Å². The number of amides is 2. The van der Waals surface area contributed by atoms with E-state index in [-0.39, 0.29) is 5.01 Å². The van der Waals surface area contributed by atoms with E-state index < -0.39 is 17.8 Å². The van der Waals surface area contributed by atoms with Crippen molar-refractivity contribution >= 4 is 12.2 Å². The number of para-hydroxylation sites is 1. The molecule has 1 aromatic rings. The molecule has 0 bridgehead atoms. The van der Waals surface area contributed by atoms with Crippen LogP contribution in [0.3, 0.4) is 0 Å². The number of carbonyl (C=O) groups is 2. The van der Waals surface area contributed by atoms with E-state index in [1.165, 1.54) is 0 Å². The zero-order chi connectivity index (χ0) is 13.8. The number of carbonyl (C=O) groups excluding carboxylic acids is 2. The number of hydrogen-bond acceptors (Lipinski definition) is 5. The van der Waals surface area contributed by atoms with Crippen molar-refractivity contribution in [2.45, 2.75) is 26.4 Å². The second-order valence-electron chi connectivity index (χ2n) is 4.53. The molecule has 1 aromatic carbocycles. The van der Waals surface area contributed by atoms with Gasteiger partial charge in [-0.1, -0.05) is 18.2 Å². The van der Waals surface area contributed by atoms with Crippen LogP contribution in [-0.4, -0.2) is 22.8 Å². The highest BCUT2D eigenvalue weighted by molar-refractivity contribution is 5.88. The molecule has 0 heterocycles. The van der Waals surface area contributed by atoms with Crippen molar-refractivity contribution in [3.05, 3.63) is 30.3 Å². The van der Waals surface area contributed by atoms with E-state index in [0.29, 0.717) is 5.75 Å². The molecule has 0 aliphatic heterocycles. The summed E-state index contributed by atoms with van der Waals surface area (Å²) in [6.45, 7) is 5.00. The van der Waals surface area contributed by atoms with Crippen LogP contribution < -0.4 is 10.6 Å². The van der Waals surface area contributed by atoms with E-state index in [0.717, 1.165) is 0 Å². The molecule has 1 rings (SSSR count). The average Bonchev–Trinajstić information content (AvgIpc) is 2.27. The van der Waals surface area contributed by atoms with Gasteiger partial charge in [0.25, 0.3) is 0 Å². The molecular weight excluding hydrogens is 236 g/mol. The fraction of sp³-hybridized carbons (Fsp3) is 0.333. The van der Waals surface area contributed by atoms with E-state index in [1.807, 2.05) is 0 Å². The molecule has 0 fully saturated rings. The minimum Gasteiger partial charge on any atom is -0.442 e. The van der Waals surface area contributed by atoms with Crippen LogP contribution >= 0.6 is 0 Å². The highest BCUT2D eigenvalue weighted by Crippen LogP contribution is 2.12. The van der Waals surface area contributed by atoms with Crippen molar-refractivity contribution in [3.8, 4) is 5.75 Å². The molecule has 0 saturated heterocycles. The summed E-state index contributed by atoms with van der Waals surface area (Å²) in [6.07, 6.45) is -1.97. The van der Waals surface area contributed by atoms with E-state index in [2.05, 4.69) is 0 Å². The summed E-state index contributed by atoms with van der Waals surface area (Å²) in [5, 5.41) is 0.290. The van der Waals surface area contributed by atoms with Gasteiger partial charge in [0, 0.05) is 0 Å². The van der Waals surface area contributed by atoms with Crippen LogP contribution in [-0.2, 0) is 4.74 Å². The first-order valence-electron chi connectivity index (χ1n) is 5.34. The SMILES string of the molecule is CC(C)(C)OC(=O)N(N)C(=O)Oc1ccccc1. The summed E-state index contributed by atoms with van der Waals surface area (Å²) in [4.78, 5) is 23.0. The second-order valence-corrected chi connectivity index (χ2v) is 4.53. The topological polar surface area (TPSA) is 81.9 Å². The lowest BCUT2D eigenvalue weighted by Gasteiger charge is -2.22. The summed E-state index contributed by atoms with van der Waals surface area (Å²) in [7, 11) is 0. The number of imide groups is 1. The van der Waals surface area contributed by atoms with Gasteiger partial charge in [0.1, 0.15) is 11.4 Å². The van der Waals surface area contributed by atoms with E-state index in [4.69, 9.17) is 15.3 Å². The summed E-state index contributed by atoms with van der Waals surface area (Å²) in [5.74, 6) is 5.59. The van der Waals surface area contributed by atoms with Gasteiger partial charge in [-0.3, -0.25) is 0 Å². The second kappa shape index (κ2) is 5.50. The van der Waals surface area contributed by atoms with Gasteiger partial charge >= 0.3 is 12.2 Å². The Balaban J connectivity index is 2.59. The summed E-state index contributed by atoms with van der Waals surface area (Å²) in [6, 6.07) is 8.29. The first kappa shape index (κ1) is 14.0. The third kappa shape index (κ3) is 4.42. The summed E-state index contributed by atoms with van der Waals surface area (Å²) in [5.41, 5.74) is -0.734. The van der Waals surface area contributed by atoms with Gasteiger partial charge in [0.05, 0.1) is 0 Å². The Morgan fingerprint density at radius 1 is 1.11 bits per heavy atom. The van der Waals surface area contributed by atoms with Crippen molar-refractivity contribution < 1.29 is 19.1 Å². The van der Waals surface area contributed by atoms with E-state index in [1.54, 1.807) is 51.1 Å². The first-order chi connectivity index (χ1) is 8.29. The zero-order valence-electron chi connectivity index (χ0n) is 10.5. The highest BCUT2D eigenvalue weighted by atomic mass is 16.6. The summed E-state index contributed by atoms with van der Waals surface area (Å²) >= 11 is 0. The molecule has 6 heteroatoms. The van der Waals surface area contributed by atoms with Gasteiger partial charge in [0.2, 0.25) is 0 Å². The Morgan fingerprint density at radius 2 is 1.67 bits per heavy atom. The maximum Gasteiger partial charge on any atom is 0.439 e. The largest absolute Gasteiger partial charge is 0.442 e. The monoisotopic (exact) mass is 252 g/mol. The molecule has 0 saturated carbocycles. The Labute approximate surface area is 105 Å². The molecule has 0 aliphatic carbocycles. The molecule has 0 unspecified atom stereocenters. The van der Waals surface area contributed by atoms with Crippen LogP contribution in [0.1, 0.15) is 20.8 Å². The minimum atomic E-state index is -1.00. The quantitative estimate of drug-likeness (QED) is 0.471. The Kier molecular flexibility index (Phi) is 4.28. The predicted octanol–water partition coefficient (Wildman–Crippen LogP) is 2.30. The molecule has 0 aliphatic rings. The highest BCUT2D eigenvalue weighted by Gasteiger charge is 2.26. The van der Waals surface area contributed by atoms with Crippen molar-refractivity contribution in [2.75, 3.05) is 0 Å². The molecule has 2 N–H and O–H groups in total. The van der Waals surface area contributed by atoms with Gasteiger partial charge in [0.15, 0.2) is 0 Å². The molecule has 0 aromatic heterocycles. The predicted molar refractivity (Wildman–Crippen MR) is 64.7 cm³/mol. The number of hydrogen-bond donors (Lipinski definition) is 1. The van der Waals surface area contributed by atoms with Crippen molar-refractivity contribution in [2.24, 2.45) is 5.84 Å². The molecule has 0 atom stereocenters. The van der Waals surface area contributed by atoms with Crippen LogP contribution in [0.2, 0.25) is 0 Å². The third-order valence-electron chi connectivity index (χ3n) is 1.74. The maximum atomic E-state index is 11.5. The number of ether oxygens (including phenoxy) is 2. The Hall–Kier alpha value is -2.08. The molecule has 18 heavy (non-hydrogen) atoms. The van der Waals surface area contributed by atoms with Crippen molar-refractivity contribution in [1.29, 1.82) is 0 Å². The lowest BCUT2D eigenvalue weighted by Crippen LogP contribution is -2.46. The molecule has 0 radical (unpaired) electrons. The molecule has 98 valence electrons. The lowest BCUT2D eigenvalue weighted by atomic mass is 10.2. The Bertz CT molecular complexity index is 425. The lowest BCUT2D eigenvalue weighted by molar-refractivity contribution is 0.0277. The molecule has 6 nitrogen and oxygen atoms in total. The zero-order valence-corrected chi connectivity index (χ0v) is 10.5. The van der Waals surface area contributed by atoms with E-state index >= 15 is 0 Å². The third-order valence-corrected chi connectivity index (χ3v) is 1.74. The van der Waals surface area contributed by atoms with Crippen molar-refractivity contribution in [3.63, 3.8) is 0 Å².